The summed E-state index contributed by atoms with van der Waals surface area (Å²) in [5, 5.41) is 6.72. The highest BCUT2D eigenvalue weighted by atomic mass is 32.2. The van der Waals surface area contributed by atoms with Crippen LogP contribution in [0.5, 0.6) is 0 Å². The monoisotopic (exact) mass is 352 g/mol. The number of amides is 3. The first-order valence-electron chi connectivity index (χ1n) is 7.37. The van der Waals surface area contributed by atoms with Crippen LogP contribution in [0.2, 0.25) is 0 Å². The topological polar surface area (TPSA) is 84.0 Å². The molecule has 0 aliphatic carbocycles. The number of carbonyl (C=O) groups is 2. The van der Waals surface area contributed by atoms with E-state index in [1.54, 1.807) is 11.3 Å². The van der Waals surface area contributed by atoms with E-state index in [1.807, 2.05) is 20.8 Å². The van der Waals surface area contributed by atoms with Gasteiger partial charge < -0.3 is 5.32 Å². The van der Waals surface area contributed by atoms with Gasteiger partial charge in [-0.2, -0.15) is 0 Å². The zero-order chi connectivity index (χ0) is 17.0. The van der Waals surface area contributed by atoms with E-state index in [0.717, 1.165) is 27.2 Å². The molecule has 0 aliphatic rings. The van der Waals surface area contributed by atoms with E-state index in [2.05, 4.69) is 27.5 Å². The predicted molar refractivity (Wildman–Crippen MR) is 94.2 cm³/mol. The van der Waals surface area contributed by atoms with E-state index < -0.39 is 6.03 Å². The van der Waals surface area contributed by atoms with Crippen LogP contribution in [0.1, 0.15) is 29.6 Å². The van der Waals surface area contributed by atoms with Crippen molar-refractivity contribution in [3.63, 3.8) is 0 Å². The fourth-order valence-corrected chi connectivity index (χ4v) is 4.07. The Labute approximate surface area is 143 Å². The van der Waals surface area contributed by atoms with Crippen LogP contribution in [0.3, 0.4) is 0 Å². The molecule has 0 atom stereocenters. The number of thioether (sulfide) groups is 1. The van der Waals surface area contributed by atoms with Crippen LogP contribution < -0.4 is 10.6 Å². The summed E-state index contributed by atoms with van der Waals surface area (Å²) in [4.78, 5) is 34.4. The number of nitrogens with zero attached hydrogens (tertiary/aromatic N) is 2. The number of nitrogens with one attached hydrogen (secondary N) is 2. The SMILES string of the molecule is CCCNC(=O)NC(=O)CSc1nc(C)nc2sc(C)c(C)c12. The van der Waals surface area contributed by atoms with Gasteiger partial charge in [0.05, 0.1) is 5.75 Å². The van der Waals surface area contributed by atoms with Crippen LogP contribution >= 0.6 is 23.1 Å². The van der Waals surface area contributed by atoms with Crippen LogP contribution in [-0.4, -0.2) is 34.2 Å². The molecule has 0 saturated carbocycles. The van der Waals surface area contributed by atoms with Gasteiger partial charge in [-0.1, -0.05) is 18.7 Å². The van der Waals surface area contributed by atoms with Crippen LogP contribution in [0.4, 0.5) is 4.79 Å². The number of rotatable bonds is 5. The largest absolute Gasteiger partial charge is 0.338 e. The van der Waals surface area contributed by atoms with Gasteiger partial charge in [0.1, 0.15) is 15.7 Å². The number of urea groups is 1. The average Bonchev–Trinajstić information content (AvgIpc) is 2.77. The predicted octanol–water partition coefficient (Wildman–Crippen LogP) is 2.94. The molecule has 0 saturated heterocycles. The summed E-state index contributed by atoms with van der Waals surface area (Å²) >= 11 is 2.96. The first kappa shape index (κ1) is 17.7. The Hall–Kier alpha value is -1.67. The van der Waals surface area contributed by atoms with Crippen LogP contribution in [0.25, 0.3) is 10.2 Å². The number of hydrogen-bond acceptors (Lipinski definition) is 6. The van der Waals surface area contributed by atoms with Gasteiger partial charge >= 0.3 is 6.03 Å². The second-order valence-corrected chi connectivity index (χ2v) is 7.30. The minimum absolute atomic E-state index is 0.138. The van der Waals surface area contributed by atoms with E-state index in [-0.39, 0.29) is 11.7 Å². The first-order chi connectivity index (χ1) is 10.9. The molecule has 0 spiro atoms. The van der Waals surface area contributed by atoms with Crippen molar-refractivity contribution in [3.05, 3.63) is 16.3 Å². The van der Waals surface area contributed by atoms with E-state index in [9.17, 15) is 9.59 Å². The molecule has 2 aromatic rings. The molecule has 0 fully saturated rings. The zero-order valence-electron chi connectivity index (χ0n) is 13.6. The molecule has 2 rings (SSSR count). The molecule has 3 amide bonds. The molecule has 8 heteroatoms. The molecule has 2 aromatic heterocycles. The van der Waals surface area contributed by atoms with Gasteiger partial charge in [0, 0.05) is 16.8 Å². The van der Waals surface area contributed by atoms with Gasteiger partial charge in [-0.3, -0.25) is 10.1 Å². The van der Waals surface area contributed by atoms with Crippen LogP contribution in [0, 0.1) is 20.8 Å². The number of aromatic nitrogens is 2. The number of thiophene rings is 1. The Bertz CT molecular complexity index is 743. The van der Waals surface area contributed by atoms with Gasteiger partial charge in [-0.15, -0.1) is 11.3 Å². The van der Waals surface area contributed by atoms with E-state index in [4.69, 9.17) is 0 Å². The molecule has 2 N–H and O–H groups in total. The van der Waals surface area contributed by atoms with Crippen molar-refractivity contribution in [1.29, 1.82) is 0 Å². The van der Waals surface area contributed by atoms with Gasteiger partial charge in [-0.25, -0.2) is 14.8 Å². The first-order valence-corrected chi connectivity index (χ1v) is 9.17. The highest BCUT2D eigenvalue weighted by Crippen LogP contribution is 2.34. The number of fused-ring (bicyclic) bond motifs is 1. The van der Waals surface area contributed by atoms with Gasteiger partial charge in [0.2, 0.25) is 5.91 Å². The lowest BCUT2D eigenvalue weighted by molar-refractivity contribution is -0.117. The summed E-state index contributed by atoms with van der Waals surface area (Å²) in [6, 6.07) is -0.455. The Balaban J connectivity index is 2.07. The summed E-state index contributed by atoms with van der Waals surface area (Å²) in [5.74, 6) is 0.486. The second kappa shape index (κ2) is 7.74. The van der Waals surface area contributed by atoms with Crippen molar-refractivity contribution < 1.29 is 9.59 Å². The van der Waals surface area contributed by atoms with Crippen molar-refractivity contribution in [2.45, 2.75) is 39.1 Å². The molecule has 0 unspecified atom stereocenters. The molecule has 0 aliphatic heterocycles. The Kier molecular flexibility index (Phi) is 5.95. The number of aryl methyl sites for hydroxylation is 3. The quantitative estimate of drug-likeness (QED) is 0.638. The average molecular weight is 352 g/mol. The number of hydrogen-bond donors (Lipinski definition) is 2. The minimum atomic E-state index is -0.455. The number of carbonyl (C=O) groups excluding carboxylic acids is 2. The number of imide groups is 1. The zero-order valence-corrected chi connectivity index (χ0v) is 15.3. The highest BCUT2D eigenvalue weighted by Gasteiger charge is 2.15. The Morgan fingerprint density at radius 1 is 1.22 bits per heavy atom. The molecule has 6 nitrogen and oxygen atoms in total. The molecule has 0 aromatic carbocycles. The molecule has 2 heterocycles. The third-order valence-corrected chi connectivity index (χ3v) is 5.31. The molecule has 23 heavy (non-hydrogen) atoms. The normalized spacial score (nSPS) is 10.8. The molecular formula is C15H20N4O2S2. The smallest absolute Gasteiger partial charge is 0.321 e. The van der Waals surface area contributed by atoms with Crippen molar-refractivity contribution in [3.8, 4) is 0 Å². The summed E-state index contributed by atoms with van der Waals surface area (Å²) in [7, 11) is 0. The molecular weight excluding hydrogens is 332 g/mol. The van der Waals surface area contributed by atoms with Crippen molar-refractivity contribution in [2.75, 3.05) is 12.3 Å². The van der Waals surface area contributed by atoms with Crippen LogP contribution in [0.15, 0.2) is 5.03 Å². The molecule has 0 radical (unpaired) electrons. The maximum Gasteiger partial charge on any atom is 0.321 e. The fraction of sp³-hybridized carbons (Fsp3) is 0.467. The maximum atomic E-state index is 11.9. The maximum absolute atomic E-state index is 11.9. The van der Waals surface area contributed by atoms with Crippen LogP contribution in [-0.2, 0) is 4.79 Å². The summed E-state index contributed by atoms with van der Waals surface area (Å²) in [6.45, 7) is 8.43. The highest BCUT2D eigenvalue weighted by molar-refractivity contribution is 8.00. The van der Waals surface area contributed by atoms with E-state index >= 15 is 0 Å². The Morgan fingerprint density at radius 3 is 2.65 bits per heavy atom. The van der Waals surface area contributed by atoms with Crippen molar-refractivity contribution >= 4 is 45.3 Å². The Morgan fingerprint density at radius 2 is 1.96 bits per heavy atom. The van der Waals surface area contributed by atoms with E-state index in [1.165, 1.54) is 16.6 Å². The summed E-state index contributed by atoms with van der Waals surface area (Å²) in [6.07, 6.45) is 0.825. The van der Waals surface area contributed by atoms with E-state index in [0.29, 0.717) is 12.4 Å². The lowest BCUT2D eigenvalue weighted by Crippen LogP contribution is -2.40. The summed E-state index contributed by atoms with van der Waals surface area (Å²) in [5.41, 5.74) is 1.15. The molecule has 0 bridgehead atoms. The summed E-state index contributed by atoms with van der Waals surface area (Å²) < 4.78 is 0. The third-order valence-electron chi connectivity index (χ3n) is 3.24. The standard InChI is InChI=1S/C15H20N4O2S2/c1-5-6-16-15(21)19-11(20)7-22-13-12-8(2)9(3)23-14(12)18-10(4)17-13/h5-7H2,1-4H3,(H2,16,19,20,21). The second-order valence-electron chi connectivity index (χ2n) is 5.13. The van der Waals surface area contributed by atoms with Crippen molar-refractivity contribution in [1.82, 2.24) is 20.6 Å². The van der Waals surface area contributed by atoms with Gasteiger partial charge in [-0.05, 0) is 32.8 Å². The van der Waals surface area contributed by atoms with Gasteiger partial charge in [0.25, 0.3) is 0 Å². The lowest BCUT2D eigenvalue weighted by atomic mass is 10.2. The lowest BCUT2D eigenvalue weighted by Gasteiger charge is -2.07. The minimum Gasteiger partial charge on any atom is -0.338 e. The van der Waals surface area contributed by atoms with Gasteiger partial charge in [0.15, 0.2) is 0 Å². The molecule has 124 valence electrons. The van der Waals surface area contributed by atoms with Crippen molar-refractivity contribution in [2.24, 2.45) is 0 Å². The fourth-order valence-electron chi connectivity index (χ4n) is 2.00. The third kappa shape index (κ3) is 4.42.